The summed E-state index contributed by atoms with van der Waals surface area (Å²) in [6, 6.07) is 0. The van der Waals surface area contributed by atoms with E-state index in [0.29, 0.717) is 0 Å². The van der Waals surface area contributed by atoms with E-state index in [0.717, 1.165) is 37.0 Å². The molecule has 2 N–H and O–H groups in total. The van der Waals surface area contributed by atoms with Crippen molar-refractivity contribution < 1.29 is 9.53 Å². The van der Waals surface area contributed by atoms with Gasteiger partial charge in [-0.3, -0.25) is 4.79 Å². The van der Waals surface area contributed by atoms with Crippen LogP contribution >= 0.6 is 0 Å². The van der Waals surface area contributed by atoms with Crippen molar-refractivity contribution in [3.8, 4) is 0 Å². The number of hydrazone groups is 1. The fourth-order valence-corrected chi connectivity index (χ4v) is 4.98. The molecule has 0 aromatic heterocycles. The highest BCUT2D eigenvalue weighted by Crippen LogP contribution is 2.60. The Labute approximate surface area is 114 Å². The van der Waals surface area contributed by atoms with Gasteiger partial charge in [-0.2, -0.15) is 0 Å². The molecule has 4 rings (SSSR count). The fraction of sp³-hybridized carbons (Fsp3) is 0.867. The third-order valence-electron chi connectivity index (χ3n) is 5.18. The Morgan fingerprint density at radius 3 is 2.00 bits per heavy atom. The second kappa shape index (κ2) is 4.50. The van der Waals surface area contributed by atoms with Gasteiger partial charge < -0.3 is 10.6 Å². The van der Waals surface area contributed by atoms with Crippen molar-refractivity contribution in [1.29, 1.82) is 0 Å². The van der Waals surface area contributed by atoms with Gasteiger partial charge >= 0.3 is 0 Å². The molecule has 0 heterocycles. The Morgan fingerprint density at radius 1 is 1.16 bits per heavy atom. The molecule has 4 saturated carbocycles. The van der Waals surface area contributed by atoms with Crippen LogP contribution in [-0.4, -0.2) is 17.8 Å². The minimum atomic E-state index is -0.207. The van der Waals surface area contributed by atoms with Crippen LogP contribution in [0.4, 0.5) is 0 Å². The van der Waals surface area contributed by atoms with Gasteiger partial charge in [-0.15, -0.1) is 5.10 Å². The van der Waals surface area contributed by atoms with Crippen molar-refractivity contribution in [2.45, 2.75) is 58.5 Å². The smallest absolute Gasteiger partial charge is 0.275 e. The van der Waals surface area contributed by atoms with Crippen LogP contribution in [-0.2, 0) is 9.53 Å². The number of nitrogens with zero attached hydrogens (tertiary/aromatic N) is 1. The van der Waals surface area contributed by atoms with Crippen LogP contribution < -0.4 is 5.84 Å². The topological polar surface area (TPSA) is 64.7 Å². The molecule has 0 saturated heterocycles. The van der Waals surface area contributed by atoms with Crippen molar-refractivity contribution in [2.75, 3.05) is 0 Å². The van der Waals surface area contributed by atoms with Crippen molar-refractivity contribution in [3.05, 3.63) is 0 Å². The average molecular weight is 264 g/mol. The molecule has 0 unspecified atom stereocenters. The van der Waals surface area contributed by atoms with E-state index in [1.54, 1.807) is 0 Å². The molecule has 0 atom stereocenters. The fourth-order valence-electron chi connectivity index (χ4n) is 4.98. The summed E-state index contributed by atoms with van der Waals surface area (Å²) in [6.07, 6.45) is 7.00. The van der Waals surface area contributed by atoms with Crippen LogP contribution in [0.2, 0.25) is 0 Å². The first-order valence-electron chi connectivity index (χ1n) is 7.52. The number of carbonyl (C=O) groups is 1. The Morgan fingerprint density at radius 2 is 1.63 bits per heavy atom. The summed E-state index contributed by atoms with van der Waals surface area (Å²) in [5.41, 5.74) is -0.207. The molecule has 0 spiro atoms. The summed E-state index contributed by atoms with van der Waals surface area (Å²) in [5, 5.41) is 3.63. The molecule has 4 heteroatoms. The van der Waals surface area contributed by atoms with Crippen LogP contribution in [0.15, 0.2) is 5.10 Å². The summed E-state index contributed by atoms with van der Waals surface area (Å²) in [7, 11) is 0. The van der Waals surface area contributed by atoms with Gasteiger partial charge in [0.2, 0.25) is 5.78 Å². The molecular weight excluding hydrogens is 240 g/mol. The van der Waals surface area contributed by atoms with Crippen molar-refractivity contribution in [2.24, 2.45) is 34.1 Å². The van der Waals surface area contributed by atoms with Crippen molar-refractivity contribution >= 4 is 11.7 Å². The first-order valence-corrected chi connectivity index (χ1v) is 7.52. The van der Waals surface area contributed by atoms with Crippen LogP contribution in [0.3, 0.4) is 0 Å². The number of rotatable bonds is 3. The lowest BCUT2D eigenvalue weighted by Crippen LogP contribution is -2.52. The van der Waals surface area contributed by atoms with Crippen LogP contribution in [0.5, 0.6) is 0 Å². The van der Waals surface area contributed by atoms with Gasteiger partial charge in [0.15, 0.2) is 0 Å². The van der Waals surface area contributed by atoms with E-state index in [1.807, 2.05) is 13.8 Å². The lowest BCUT2D eigenvalue weighted by molar-refractivity contribution is -0.138. The summed E-state index contributed by atoms with van der Waals surface area (Å²) in [6.45, 7) is 3.80. The summed E-state index contributed by atoms with van der Waals surface area (Å²) in [5.74, 6) is 7.84. The van der Waals surface area contributed by atoms with E-state index < -0.39 is 0 Å². The van der Waals surface area contributed by atoms with E-state index in [2.05, 4.69) is 5.10 Å². The lowest BCUT2D eigenvalue weighted by Gasteiger charge is -2.55. The monoisotopic (exact) mass is 264 g/mol. The molecule has 106 valence electrons. The Balaban J connectivity index is 1.83. The maximum atomic E-state index is 12.8. The van der Waals surface area contributed by atoms with Gasteiger partial charge in [0.25, 0.3) is 5.90 Å². The van der Waals surface area contributed by atoms with Gasteiger partial charge in [0.05, 0.1) is 6.10 Å². The highest BCUT2D eigenvalue weighted by atomic mass is 16.5. The van der Waals surface area contributed by atoms with Crippen LogP contribution in [0, 0.1) is 23.2 Å². The minimum absolute atomic E-state index is 0.0554. The zero-order valence-corrected chi connectivity index (χ0v) is 11.9. The molecule has 0 aromatic rings. The van der Waals surface area contributed by atoms with Gasteiger partial charge in [0.1, 0.15) is 0 Å². The average Bonchev–Trinajstić information content (AvgIpc) is 2.33. The van der Waals surface area contributed by atoms with E-state index in [-0.39, 0.29) is 23.2 Å². The third-order valence-corrected chi connectivity index (χ3v) is 5.18. The first kappa shape index (κ1) is 12.9. The molecule has 0 aromatic carbocycles. The molecular formula is C15H24N2O2. The number of ketones is 1. The van der Waals surface area contributed by atoms with E-state index >= 15 is 0 Å². The maximum Gasteiger partial charge on any atom is 0.275 e. The highest BCUT2D eigenvalue weighted by Gasteiger charge is 2.55. The predicted molar refractivity (Wildman–Crippen MR) is 73.5 cm³/mol. The summed E-state index contributed by atoms with van der Waals surface area (Å²) >= 11 is 0. The number of carbonyl (C=O) groups excluding carboxylic acids is 1. The number of Topliss-reactive ketones (excluding diaryl/α,β-unsaturated/α-hetero) is 1. The highest BCUT2D eigenvalue weighted by molar-refractivity contribution is 6.38. The lowest BCUT2D eigenvalue weighted by atomic mass is 9.48. The number of hydrogen-bond acceptors (Lipinski definition) is 4. The molecule has 4 aliphatic carbocycles. The van der Waals surface area contributed by atoms with Crippen molar-refractivity contribution in [1.82, 2.24) is 0 Å². The quantitative estimate of drug-likeness (QED) is 0.368. The third kappa shape index (κ3) is 2.15. The van der Waals surface area contributed by atoms with Crippen LogP contribution in [0.25, 0.3) is 0 Å². The molecule has 4 fully saturated rings. The SMILES string of the molecule is CC(C)OC(=NN)C(=O)C12CC3CC(CC(C3)C1)C2. The molecule has 4 aliphatic rings. The van der Waals surface area contributed by atoms with Gasteiger partial charge in [-0.1, -0.05) is 0 Å². The predicted octanol–water partition coefficient (Wildman–Crippen LogP) is 2.47. The minimum Gasteiger partial charge on any atom is -0.471 e. The van der Waals surface area contributed by atoms with Gasteiger partial charge in [0, 0.05) is 5.41 Å². The van der Waals surface area contributed by atoms with E-state index in [4.69, 9.17) is 10.6 Å². The molecule has 0 aliphatic heterocycles. The molecule has 0 radical (unpaired) electrons. The second-order valence-electron chi connectivity index (χ2n) is 7.13. The first-order chi connectivity index (χ1) is 9.02. The molecule has 19 heavy (non-hydrogen) atoms. The normalized spacial score (nSPS) is 40.8. The second-order valence-corrected chi connectivity index (χ2v) is 7.13. The molecule has 0 amide bonds. The Hall–Kier alpha value is -1.06. The van der Waals surface area contributed by atoms with Crippen molar-refractivity contribution in [3.63, 3.8) is 0 Å². The Bertz CT molecular complexity index is 379. The van der Waals surface area contributed by atoms with Crippen LogP contribution in [0.1, 0.15) is 52.4 Å². The number of hydrogen-bond donors (Lipinski definition) is 1. The Kier molecular flexibility index (Phi) is 3.06. The summed E-state index contributed by atoms with van der Waals surface area (Å²) in [4.78, 5) is 12.8. The standard InChI is InChI=1S/C15H24N2O2/c1-9(2)19-14(17-16)13(18)15-6-10-3-11(7-15)5-12(4-10)8-15/h9-12H,3-8,16H2,1-2H3. The maximum absolute atomic E-state index is 12.8. The summed E-state index contributed by atoms with van der Waals surface area (Å²) < 4.78 is 5.53. The number of ether oxygens (including phenoxy) is 1. The largest absolute Gasteiger partial charge is 0.471 e. The molecule has 4 bridgehead atoms. The van der Waals surface area contributed by atoms with E-state index in [1.165, 1.54) is 19.3 Å². The zero-order chi connectivity index (χ0) is 13.6. The zero-order valence-electron chi connectivity index (χ0n) is 11.9. The van der Waals surface area contributed by atoms with Gasteiger partial charge in [-0.25, -0.2) is 0 Å². The molecule has 4 nitrogen and oxygen atoms in total. The number of nitrogens with two attached hydrogens (primary N) is 1. The van der Waals surface area contributed by atoms with E-state index in [9.17, 15) is 4.79 Å². The van der Waals surface area contributed by atoms with Gasteiger partial charge in [-0.05, 0) is 70.1 Å².